The van der Waals surface area contributed by atoms with Gasteiger partial charge < -0.3 is 10.4 Å². The number of aryl methyl sites for hydroxylation is 1. The standard InChI is InChI=1S/C11H16N2O2S2/c1-6-9(11(14)15)10(17-13-6)12-7-4-3-5-8(7)16-2/h7-8,12H,3-5H2,1-2H3,(H,14,15). The molecule has 0 amide bonds. The van der Waals surface area contributed by atoms with Crippen molar-refractivity contribution in [2.24, 2.45) is 0 Å². The van der Waals surface area contributed by atoms with Gasteiger partial charge in [-0.2, -0.15) is 16.1 Å². The molecule has 1 aromatic rings. The second-order valence-corrected chi connectivity index (χ2v) is 6.08. The van der Waals surface area contributed by atoms with Gasteiger partial charge >= 0.3 is 5.97 Å². The van der Waals surface area contributed by atoms with Crippen LogP contribution in [0.4, 0.5) is 5.00 Å². The number of carbonyl (C=O) groups is 1. The maximum Gasteiger partial charge on any atom is 0.340 e. The molecule has 0 aliphatic heterocycles. The Morgan fingerprint density at radius 3 is 3.00 bits per heavy atom. The first-order valence-electron chi connectivity index (χ1n) is 5.62. The van der Waals surface area contributed by atoms with E-state index in [1.807, 2.05) is 11.8 Å². The molecule has 1 saturated carbocycles. The van der Waals surface area contributed by atoms with Gasteiger partial charge in [0.1, 0.15) is 10.6 Å². The molecule has 1 heterocycles. The fourth-order valence-corrected chi connectivity index (χ4v) is 4.05. The van der Waals surface area contributed by atoms with Crippen LogP contribution in [0.1, 0.15) is 35.3 Å². The zero-order valence-corrected chi connectivity index (χ0v) is 11.5. The quantitative estimate of drug-likeness (QED) is 0.882. The molecular weight excluding hydrogens is 256 g/mol. The van der Waals surface area contributed by atoms with Gasteiger partial charge in [-0.25, -0.2) is 4.79 Å². The maximum atomic E-state index is 11.2. The van der Waals surface area contributed by atoms with Crippen molar-refractivity contribution in [1.29, 1.82) is 0 Å². The van der Waals surface area contributed by atoms with Gasteiger partial charge in [0.05, 0.1) is 5.69 Å². The van der Waals surface area contributed by atoms with Crippen LogP contribution in [0.25, 0.3) is 0 Å². The Kier molecular flexibility index (Phi) is 3.93. The lowest BCUT2D eigenvalue weighted by Crippen LogP contribution is -2.26. The van der Waals surface area contributed by atoms with Crippen LogP contribution in [-0.2, 0) is 0 Å². The van der Waals surface area contributed by atoms with E-state index in [0.717, 1.165) is 6.42 Å². The summed E-state index contributed by atoms with van der Waals surface area (Å²) in [5.41, 5.74) is 0.936. The highest BCUT2D eigenvalue weighted by atomic mass is 32.2. The van der Waals surface area contributed by atoms with E-state index in [1.54, 1.807) is 6.92 Å². The summed E-state index contributed by atoms with van der Waals surface area (Å²) in [5, 5.41) is 13.8. The summed E-state index contributed by atoms with van der Waals surface area (Å²) in [6, 6.07) is 0.378. The van der Waals surface area contributed by atoms with Crippen molar-refractivity contribution in [2.45, 2.75) is 37.5 Å². The van der Waals surface area contributed by atoms with E-state index in [9.17, 15) is 4.79 Å². The summed E-state index contributed by atoms with van der Waals surface area (Å²) in [4.78, 5) is 11.2. The fraction of sp³-hybridized carbons (Fsp3) is 0.636. The third kappa shape index (κ3) is 2.57. The van der Waals surface area contributed by atoms with Gasteiger partial charge in [-0.1, -0.05) is 6.42 Å². The second-order valence-electron chi connectivity index (χ2n) is 4.23. The van der Waals surface area contributed by atoms with Crippen molar-refractivity contribution >= 4 is 34.3 Å². The van der Waals surface area contributed by atoms with E-state index in [1.165, 1.54) is 24.4 Å². The molecule has 0 bridgehead atoms. The van der Waals surface area contributed by atoms with Crippen LogP contribution < -0.4 is 5.32 Å². The van der Waals surface area contributed by atoms with Crippen molar-refractivity contribution in [2.75, 3.05) is 11.6 Å². The largest absolute Gasteiger partial charge is 0.478 e. The van der Waals surface area contributed by atoms with Crippen molar-refractivity contribution < 1.29 is 9.90 Å². The van der Waals surface area contributed by atoms with Crippen LogP contribution in [-0.4, -0.2) is 33.0 Å². The predicted molar refractivity (Wildman–Crippen MR) is 72.4 cm³/mol. The number of rotatable bonds is 4. The monoisotopic (exact) mass is 272 g/mol. The SMILES string of the molecule is CSC1CCCC1Nc1snc(C)c1C(=O)O. The summed E-state index contributed by atoms with van der Waals surface area (Å²) < 4.78 is 4.12. The van der Waals surface area contributed by atoms with Crippen molar-refractivity contribution in [3.05, 3.63) is 11.3 Å². The molecule has 2 rings (SSSR count). The number of nitrogens with zero attached hydrogens (tertiary/aromatic N) is 1. The number of aromatic carboxylic acids is 1. The Hall–Kier alpha value is -0.750. The molecule has 1 aliphatic carbocycles. The Labute approximate surface area is 109 Å². The van der Waals surface area contributed by atoms with E-state index < -0.39 is 5.97 Å². The highest BCUT2D eigenvalue weighted by Gasteiger charge is 2.28. The lowest BCUT2D eigenvalue weighted by Gasteiger charge is -2.19. The van der Waals surface area contributed by atoms with Gasteiger partial charge in [-0.05, 0) is 37.6 Å². The second kappa shape index (κ2) is 5.27. The first-order valence-corrected chi connectivity index (χ1v) is 7.68. The molecule has 2 unspecified atom stereocenters. The highest BCUT2D eigenvalue weighted by Crippen LogP contribution is 2.33. The smallest absolute Gasteiger partial charge is 0.340 e. The molecule has 2 atom stereocenters. The van der Waals surface area contributed by atoms with E-state index in [-0.39, 0.29) is 0 Å². The minimum atomic E-state index is -0.891. The lowest BCUT2D eigenvalue weighted by molar-refractivity contribution is 0.0697. The molecule has 94 valence electrons. The summed E-state index contributed by atoms with van der Waals surface area (Å²) in [5.74, 6) is -0.891. The minimum absolute atomic E-state index is 0.335. The third-order valence-corrected chi connectivity index (χ3v) is 5.19. The molecule has 2 N–H and O–H groups in total. The average molecular weight is 272 g/mol. The number of aromatic nitrogens is 1. The molecule has 17 heavy (non-hydrogen) atoms. The Bertz CT molecular complexity index is 420. The zero-order chi connectivity index (χ0) is 12.4. The number of hydrogen-bond donors (Lipinski definition) is 2. The first kappa shape index (κ1) is 12.7. The normalized spacial score (nSPS) is 23.9. The van der Waals surface area contributed by atoms with Crippen LogP contribution >= 0.6 is 23.3 Å². The van der Waals surface area contributed by atoms with Gasteiger partial charge in [0, 0.05) is 11.3 Å². The van der Waals surface area contributed by atoms with E-state index >= 15 is 0 Å². The van der Waals surface area contributed by atoms with Gasteiger partial charge in [0.25, 0.3) is 0 Å². The minimum Gasteiger partial charge on any atom is -0.478 e. The maximum absolute atomic E-state index is 11.2. The average Bonchev–Trinajstić information content (AvgIpc) is 2.86. The summed E-state index contributed by atoms with van der Waals surface area (Å²) in [6.07, 6.45) is 5.64. The topological polar surface area (TPSA) is 62.2 Å². The number of carboxylic acids is 1. The van der Waals surface area contributed by atoms with Gasteiger partial charge in [-0.3, -0.25) is 0 Å². The Morgan fingerprint density at radius 1 is 1.59 bits per heavy atom. The van der Waals surface area contributed by atoms with E-state index in [2.05, 4.69) is 15.9 Å². The molecule has 6 heteroatoms. The molecule has 0 spiro atoms. The van der Waals surface area contributed by atoms with Crippen molar-refractivity contribution in [3.63, 3.8) is 0 Å². The molecule has 0 aromatic carbocycles. The zero-order valence-electron chi connectivity index (χ0n) is 9.90. The lowest BCUT2D eigenvalue weighted by atomic mass is 10.2. The molecular formula is C11H16N2O2S2. The molecule has 4 nitrogen and oxygen atoms in total. The molecule has 0 saturated heterocycles. The molecule has 0 radical (unpaired) electrons. The number of nitrogens with one attached hydrogen (secondary N) is 1. The van der Waals surface area contributed by atoms with Crippen molar-refractivity contribution in [3.8, 4) is 0 Å². The van der Waals surface area contributed by atoms with Crippen LogP contribution in [0.15, 0.2) is 0 Å². The van der Waals surface area contributed by atoms with E-state index in [0.29, 0.717) is 27.6 Å². The van der Waals surface area contributed by atoms with Gasteiger partial charge in [-0.15, -0.1) is 0 Å². The highest BCUT2D eigenvalue weighted by molar-refractivity contribution is 7.99. The number of anilines is 1. The number of carboxylic acid groups (broad SMARTS) is 1. The Morgan fingerprint density at radius 2 is 2.35 bits per heavy atom. The Balaban J connectivity index is 2.16. The van der Waals surface area contributed by atoms with Gasteiger partial charge in [0.15, 0.2) is 0 Å². The molecule has 1 aromatic heterocycles. The first-order chi connectivity index (χ1) is 8.13. The van der Waals surface area contributed by atoms with Crippen molar-refractivity contribution in [1.82, 2.24) is 4.37 Å². The summed E-state index contributed by atoms with van der Waals surface area (Å²) in [6.45, 7) is 1.74. The fourth-order valence-electron chi connectivity index (χ4n) is 2.26. The van der Waals surface area contributed by atoms with Crippen LogP contribution in [0, 0.1) is 6.92 Å². The molecule has 1 fully saturated rings. The molecule has 1 aliphatic rings. The van der Waals surface area contributed by atoms with Crippen LogP contribution in [0.2, 0.25) is 0 Å². The number of thioether (sulfide) groups is 1. The summed E-state index contributed by atoms with van der Waals surface area (Å²) in [7, 11) is 0. The van der Waals surface area contributed by atoms with Crippen LogP contribution in [0.3, 0.4) is 0 Å². The van der Waals surface area contributed by atoms with Crippen LogP contribution in [0.5, 0.6) is 0 Å². The third-order valence-electron chi connectivity index (χ3n) is 3.15. The summed E-state index contributed by atoms with van der Waals surface area (Å²) >= 11 is 3.11. The number of hydrogen-bond acceptors (Lipinski definition) is 5. The van der Waals surface area contributed by atoms with E-state index in [4.69, 9.17) is 5.11 Å². The predicted octanol–water partition coefficient (Wildman–Crippen LogP) is 2.85. The van der Waals surface area contributed by atoms with Gasteiger partial charge in [0.2, 0.25) is 0 Å².